The summed E-state index contributed by atoms with van der Waals surface area (Å²) < 4.78 is 6.82. The molecule has 1 aliphatic carbocycles. The molecule has 1 unspecified atom stereocenters. The lowest BCUT2D eigenvalue weighted by Crippen LogP contribution is -2.29. The second-order valence-electron chi connectivity index (χ2n) is 7.36. The molecule has 1 N–H and O–H groups in total. The summed E-state index contributed by atoms with van der Waals surface area (Å²) >= 11 is 3.47. The Bertz CT molecular complexity index is 796. The second-order valence-corrected chi connectivity index (χ2v) is 8.28. The molecule has 0 bridgehead atoms. The highest BCUT2D eigenvalue weighted by molar-refractivity contribution is 9.10. The fourth-order valence-corrected chi connectivity index (χ4v) is 3.67. The van der Waals surface area contributed by atoms with Gasteiger partial charge in [0.1, 0.15) is 18.0 Å². The number of aliphatic hydroxyl groups is 1. The van der Waals surface area contributed by atoms with E-state index in [2.05, 4.69) is 40.5 Å². The molecule has 148 valence electrons. The van der Waals surface area contributed by atoms with Gasteiger partial charge in [-0.05, 0) is 61.2 Å². The number of nitrogens with zero attached hydrogens (tertiary/aromatic N) is 1. The Balaban J connectivity index is 1.63. The molecule has 0 radical (unpaired) electrons. The number of halogens is 1. The molecule has 0 amide bonds. The van der Waals surface area contributed by atoms with Crippen LogP contribution >= 0.6 is 15.9 Å². The zero-order valence-electron chi connectivity index (χ0n) is 16.4. The van der Waals surface area contributed by atoms with Gasteiger partial charge in [-0.25, -0.2) is 0 Å². The third-order valence-corrected chi connectivity index (χ3v) is 5.65. The maximum absolute atomic E-state index is 11.5. The van der Waals surface area contributed by atoms with E-state index in [1.807, 2.05) is 60.7 Å². The van der Waals surface area contributed by atoms with Crippen molar-refractivity contribution in [1.29, 1.82) is 0 Å². The van der Waals surface area contributed by atoms with Gasteiger partial charge in [0.15, 0.2) is 0 Å². The van der Waals surface area contributed by atoms with Gasteiger partial charge in [0.05, 0.1) is 0 Å². The number of benzene rings is 2. The molecule has 1 fully saturated rings. The van der Waals surface area contributed by atoms with Crippen LogP contribution in [0.2, 0.25) is 0 Å². The van der Waals surface area contributed by atoms with E-state index in [4.69, 9.17) is 4.74 Å². The van der Waals surface area contributed by atoms with Gasteiger partial charge in [0, 0.05) is 17.6 Å². The zero-order valence-corrected chi connectivity index (χ0v) is 17.9. The number of ether oxygens (including phenoxy) is 1. The quantitative estimate of drug-likeness (QED) is 0.517. The molecule has 4 heteroatoms. The van der Waals surface area contributed by atoms with E-state index in [0.29, 0.717) is 6.61 Å². The maximum Gasteiger partial charge on any atom is 0.119 e. The van der Waals surface area contributed by atoms with Gasteiger partial charge < -0.3 is 9.84 Å². The Morgan fingerprint density at radius 2 is 1.68 bits per heavy atom. The predicted octanol–water partition coefficient (Wildman–Crippen LogP) is 5.15. The average molecular weight is 442 g/mol. The van der Waals surface area contributed by atoms with Crippen LogP contribution in [-0.4, -0.2) is 36.8 Å². The minimum absolute atomic E-state index is 0.274. The summed E-state index contributed by atoms with van der Waals surface area (Å²) in [5, 5.41) is 11.5. The minimum Gasteiger partial charge on any atom is -0.490 e. The summed E-state index contributed by atoms with van der Waals surface area (Å²) in [5.41, 5.74) is 0.930. The Hall–Kier alpha value is -1.88. The van der Waals surface area contributed by atoms with Crippen LogP contribution in [0.1, 0.15) is 24.0 Å². The van der Waals surface area contributed by atoms with Crippen molar-refractivity contribution in [1.82, 2.24) is 4.90 Å². The molecule has 3 nitrogen and oxygen atoms in total. The van der Waals surface area contributed by atoms with E-state index in [9.17, 15) is 5.11 Å². The van der Waals surface area contributed by atoms with Gasteiger partial charge in [-0.2, -0.15) is 0 Å². The topological polar surface area (TPSA) is 32.7 Å². The van der Waals surface area contributed by atoms with Crippen molar-refractivity contribution in [2.24, 2.45) is 5.92 Å². The fraction of sp³-hybridized carbons (Fsp3) is 0.333. The van der Waals surface area contributed by atoms with Crippen LogP contribution in [0.3, 0.4) is 0 Å². The molecule has 0 aliphatic heterocycles. The van der Waals surface area contributed by atoms with E-state index in [1.54, 1.807) is 0 Å². The Morgan fingerprint density at radius 3 is 2.25 bits per heavy atom. The number of hydrogen-bond acceptors (Lipinski definition) is 3. The highest BCUT2D eigenvalue weighted by Crippen LogP contribution is 2.49. The highest BCUT2D eigenvalue weighted by Gasteiger charge is 2.46. The van der Waals surface area contributed by atoms with E-state index < -0.39 is 5.60 Å². The summed E-state index contributed by atoms with van der Waals surface area (Å²) in [4.78, 5) is 2.17. The van der Waals surface area contributed by atoms with Gasteiger partial charge >= 0.3 is 0 Å². The molecule has 2 aromatic carbocycles. The lowest BCUT2D eigenvalue weighted by molar-refractivity contribution is 0.0564. The van der Waals surface area contributed by atoms with Crippen LogP contribution in [0.25, 0.3) is 0 Å². The van der Waals surface area contributed by atoms with E-state index in [0.717, 1.165) is 47.3 Å². The van der Waals surface area contributed by atoms with Crippen molar-refractivity contribution in [3.05, 3.63) is 88.9 Å². The molecule has 3 rings (SSSR count). The molecule has 2 aromatic rings. The Morgan fingerprint density at radius 1 is 1.07 bits per heavy atom. The van der Waals surface area contributed by atoms with Crippen molar-refractivity contribution < 1.29 is 9.84 Å². The first kappa shape index (κ1) is 20.8. The molecule has 0 saturated heterocycles. The summed E-state index contributed by atoms with van der Waals surface area (Å²) in [6.45, 7) is 6.01. The van der Waals surface area contributed by atoms with Gasteiger partial charge in [-0.3, -0.25) is 4.90 Å². The fourth-order valence-electron chi connectivity index (χ4n) is 3.41. The molecule has 1 saturated carbocycles. The SMILES string of the molecule is C=CCN(C)C/C=C/COc1ccc(C(O)(c2ccc(Br)cc2)C2CC2)cc1. The van der Waals surface area contributed by atoms with Gasteiger partial charge in [-0.1, -0.05) is 58.4 Å². The first-order valence-electron chi connectivity index (χ1n) is 9.70. The maximum atomic E-state index is 11.5. The van der Waals surface area contributed by atoms with E-state index in [-0.39, 0.29) is 5.92 Å². The first-order chi connectivity index (χ1) is 13.5. The second kappa shape index (κ2) is 9.55. The first-order valence-corrected chi connectivity index (χ1v) is 10.5. The van der Waals surface area contributed by atoms with Crippen LogP contribution in [-0.2, 0) is 5.60 Å². The predicted molar refractivity (Wildman–Crippen MR) is 119 cm³/mol. The van der Waals surface area contributed by atoms with E-state index in [1.165, 1.54) is 0 Å². The minimum atomic E-state index is -0.936. The number of likely N-dealkylation sites (N-methyl/N-ethyl adjacent to an activating group) is 1. The smallest absolute Gasteiger partial charge is 0.119 e. The van der Waals surface area contributed by atoms with E-state index >= 15 is 0 Å². The van der Waals surface area contributed by atoms with Crippen molar-refractivity contribution >= 4 is 15.9 Å². The molecular weight excluding hydrogens is 414 g/mol. The zero-order chi connectivity index (χ0) is 20.0. The van der Waals surface area contributed by atoms with Crippen molar-refractivity contribution in [2.75, 3.05) is 26.7 Å². The third kappa shape index (κ3) is 5.13. The summed E-state index contributed by atoms with van der Waals surface area (Å²) in [6.07, 6.45) is 8.11. The largest absolute Gasteiger partial charge is 0.490 e. The Labute approximate surface area is 176 Å². The summed E-state index contributed by atoms with van der Waals surface area (Å²) in [6, 6.07) is 15.8. The molecule has 0 aromatic heterocycles. The molecule has 0 heterocycles. The molecule has 1 aliphatic rings. The highest BCUT2D eigenvalue weighted by atomic mass is 79.9. The lowest BCUT2D eigenvalue weighted by Gasteiger charge is -2.30. The molecular formula is C24H28BrNO2. The van der Waals surface area contributed by atoms with Crippen LogP contribution in [0.4, 0.5) is 0 Å². The average Bonchev–Trinajstić information content (AvgIpc) is 3.54. The van der Waals surface area contributed by atoms with Crippen LogP contribution < -0.4 is 4.74 Å². The van der Waals surface area contributed by atoms with Gasteiger partial charge in [0.2, 0.25) is 0 Å². The van der Waals surface area contributed by atoms with Crippen LogP contribution in [0, 0.1) is 5.92 Å². The molecule has 28 heavy (non-hydrogen) atoms. The van der Waals surface area contributed by atoms with Crippen molar-refractivity contribution in [3.63, 3.8) is 0 Å². The summed E-state index contributed by atoms with van der Waals surface area (Å²) in [5.74, 6) is 1.08. The van der Waals surface area contributed by atoms with Gasteiger partial charge in [-0.15, -0.1) is 6.58 Å². The van der Waals surface area contributed by atoms with Crippen LogP contribution in [0.15, 0.2) is 77.8 Å². The van der Waals surface area contributed by atoms with Crippen molar-refractivity contribution in [3.8, 4) is 5.75 Å². The van der Waals surface area contributed by atoms with Crippen molar-refractivity contribution in [2.45, 2.75) is 18.4 Å². The number of hydrogen-bond donors (Lipinski definition) is 1. The monoisotopic (exact) mass is 441 g/mol. The van der Waals surface area contributed by atoms with Gasteiger partial charge in [0.25, 0.3) is 0 Å². The molecule has 1 atom stereocenters. The standard InChI is InChI=1S/C24H28BrNO2/c1-3-16-26(2)17-4-5-18-28-23-14-10-21(11-15-23)24(27,19-6-7-19)20-8-12-22(25)13-9-20/h3-5,8-15,19,27H,1,6-7,16-18H2,2H3/b5-4+. The normalized spacial score (nSPS) is 16.3. The Kier molecular flexibility index (Phi) is 7.11. The third-order valence-electron chi connectivity index (χ3n) is 5.12. The van der Waals surface area contributed by atoms with Crippen LogP contribution in [0.5, 0.6) is 5.75 Å². The lowest BCUT2D eigenvalue weighted by atomic mass is 9.82. The molecule has 0 spiro atoms. The number of rotatable bonds is 10. The summed E-state index contributed by atoms with van der Waals surface area (Å²) in [7, 11) is 2.05.